The third-order valence-corrected chi connectivity index (χ3v) is 4.17. The van der Waals surface area contributed by atoms with Crippen molar-refractivity contribution in [2.24, 2.45) is 5.92 Å². The van der Waals surface area contributed by atoms with Crippen molar-refractivity contribution in [3.8, 4) is 0 Å². The standard InChI is InChI=1S/C23H30N2O3/c1-16(2)19(25-22(27)28-23(3,4)5)21(26)24-20(17-12-8-6-9-13-17)18-14-10-7-11-15-18/h6-16,19-20H,1-5H3,(H,24,26)(H,25,27)/t19-/m1/s1. The van der Waals surface area contributed by atoms with Crippen LogP contribution in [0.5, 0.6) is 0 Å². The average Bonchev–Trinajstić information content (AvgIpc) is 2.63. The van der Waals surface area contributed by atoms with E-state index in [-0.39, 0.29) is 17.9 Å². The molecule has 0 spiro atoms. The van der Waals surface area contributed by atoms with Gasteiger partial charge >= 0.3 is 6.09 Å². The molecule has 5 heteroatoms. The van der Waals surface area contributed by atoms with Crippen LogP contribution in [0.1, 0.15) is 51.8 Å². The summed E-state index contributed by atoms with van der Waals surface area (Å²) < 4.78 is 5.31. The molecule has 2 amide bonds. The number of benzene rings is 2. The minimum atomic E-state index is -0.704. The number of carbonyl (C=O) groups excluding carboxylic acids is 2. The first-order valence-corrected chi connectivity index (χ1v) is 9.57. The van der Waals surface area contributed by atoms with Gasteiger partial charge in [-0.05, 0) is 37.8 Å². The highest BCUT2D eigenvalue weighted by atomic mass is 16.6. The van der Waals surface area contributed by atoms with Crippen molar-refractivity contribution in [1.82, 2.24) is 10.6 Å². The highest BCUT2D eigenvalue weighted by molar-refractivity contribution is 5.86. The van der Waals surface area contributed by atoms with Crippen LogP contribution in [0.4, 0.5) is 4.79 Å². The van der Waals surface area contributed by atoms with Crippen LogP contribution in [-0.4, -0.2) is 23.6 Å². The van der Waals surface area contributed by atoms with Gasteiger partial charge in [-0.1, -0.05) is 74.5 Å². The van der Waals surface area contributed by atoms with Crippen LogP contribution in [0.3, 0.4) is 0 Å². The van der Waals surface area contributed by atoms with E-state index in [0.717, 1.165) is 11.1 Å². The van der Waals surface area contributed by atoms with E-state index in [4.69, 9.17) is 4.74 Å². The first kappa shape index (κ1) is 21.5. The van der Waals surface area contributed by atoms with Crippen molar-refractivity contribution >= 4 is 12.0 Å². The molecule has 0 heterocycles. The van der Waals surface area contributed by atoms with Gasteiger partial charge in [-0.2, -0.15) is 0 Å². The van der Waals surface area contributed by atoms with Crippen LogP contribution in [0.2, 0.25) is 0 Å². The summed E-state index contributed by atoms with van der Waals surface area (Å²) >= 11 is 0. The molecule has 0 bridgehead atoms. The number of ether oxygens (including phenoxy) is 1. The number of nitrogens with one attached hydrogen (secondary N) is 2. The molecule has 2 rings (SSSR count). The van der Waals surface area contributed by atoms with E-state index in [0.29, 0.717) is 0 Å². The SMILES string of the molecule is CC(C)[C@@H](NC(=O)OC(C)(C)C)C(=O)NC(c1ccccc1)c1ccccc1. The molecule has 1 atom stereocenters. The maximum Gasteiger partial charge on any atom is 0.408 e. The van der Waals surface area contributed by atoms with Gasteiger partial charge < -0.3 is 15.4 Å². The lowest BCUT2D eigenvalue weighted by molar-refractivity contribution is -0.124. The minimum absolute atomic E-state index is 0.0975. The molecule has 0 radical (unpaired) electrons. The van der Waals surface area contributed by atoms with E-state index >= 15 is 0 Å². The number of carbonyl (C=O) groups is 2. The molecule has 150 valence electrons. The van der Waals surface area contributed by atoms with Crippen LogP contribution in [0.15, 0.2) is 60.7 Å². The number of hydrogen-bond acceptors (Lipinski definition) is 3. The van der Waals surface area contributed by atoms with Gasteiger partial charge in [0.25, 0.3) is 0 Å². The van der Waals surface area contributed by atoms with Crippen molar-refractivity contribution in [1.29, 1.82) is 0 Å². The summed E-state index contributed by atoms with van der Waals surface area (Å²) in [6.07, 6.45) is -0.600. The highest BCUT2D eigenvalue weighted by Crippen LogP contribution is 2.22. The minimum Gasteiger partial charge on any atom is -0.444 e. The average molecular weight is 383 g/mol. The van der Waals surface area contributed by atoms with Crippen molar-refractivity contribution in [2.45, 2.75) is 52.3 Å². The molecule has 0 aromatic heterocycles. The maximum atomic E-state index is 13.1. The molecule has 2 aromatic rings. The highest BCUT2D eigenvalue weighted by Gasteiger charge is 2.29. The summed E-state index contributed by atoms with van der Waals surface area (Å²) in [6, 6.07) is 18.5. The Hall–Kier alpha value is -2.82. The van der Waals surface area contributed by atoms with Gasteiger partial charge in [0.05, 0.1) is 6.04 Å². The third-order valence-electron chi connectivity index (χ3n) is 4.17. The summed E-state index contributed by atoms with van der Waals surface area (Å²) in [5.74, 6) is -0.349. The van der Waals surface area contributed by atoms with E-state index in [1.54, 1.807) is 20.8 Å². The summed E-state index contributed by atoms with van der Waals surface area (Å²) in [5.41, 5.74) is 1.32. The topological polar surface area (TPSA) is 67.4 Å². The fourth-order valence-electron chi connectivity index (χ4n) is 2.85. The molecule has 0 saturated heterocycles. The molecular weight excluding hydrogens is 352 g/mol. The smallest absolute Gasteiger partial charge is 0.408 e. The zero-order valence-corrected chi connectivity index (χ0v) is 17.2. The summed E-state index contributed by atoms with van der Waals surface area (Å²) in [5, 5.41) is 5.80. The van der Waals surface area contributed by atoms with Crippen molar-refractivity contribution in [3.05, 3.63) is 71.8 Å². The van der Waals surface area contributed by atoms with Gasteiger partial charge in [0.1, 0.15) is 11.6 Å². The van der Waals surface area contributed by atoms with Crippen LogP contribution in [0.25, 0.3) is 0 Å². The first-order chi connectivity index (χ1) is 13.2. The van der Waals surface area contributed by atoms with E-state index in [2.05, 4.69) is 10.6 Å². The maximum absolute atomic E-state index is 13.1. The second kappa shape index (κ2) is 9.40. The van der Waals surface area contributed by atoms with Crippen molar-refractivity contribution in [3.63, 3.8) is 0 Å². The van der Waals surface area contributed by atoms with Crippen molar-refractivity contribution < 1.29 is 14.3 Å². The fourth-order valence-corrected chi connectivity index (χ4v) is 2.85. The fraction of sp³-hybridized carbons (Fsp3) is 0.391. The normalized spacial score (nSPS) is 12.5. The van der Waals surface area contributed by atoms with Gasteiger partial charge in [-0.25, -0.2) is 4.79 Å². The second-order valence-electron chi connectivity index (χ2n) is 8.13. The molecule has 0 aliphatic heterocycles. The van der Waals surface area contributed by atoms with Gasteiger partial charge in [-0.15, -0.1) is 0 Å². The van der Waals surface area contributed by atoms with Crippen LogP contribution in [0, 0.1) is 5.92 Å². The van der Waals surface area contributed by atoms with Crippen molar-refractivity contribution in [2.75, 3.05) is 0 Å². The van der Waals surface area contributed by atoms with Gasteiger partial charge in [0, 0.05) is 0 Å². The van der Waals surface area contributed by atoms with E-state index in [1.807, 2.05) is 74.5 Å². The Kier molecular flexibility index (Phi) is 7.21. The molecule has 2 N–H and O–H groups in total. The lowest BCUT2D eigenvalue weighted by Crippen LogP contribution is -2.51. The predicted octanol–water partition coefficient (Wildman–Crippen LogP) is 4.44. The Morgan fingerprint density at radius 2 is 1.29 bits per heavy atom. The number of rotatable bonds is 6. The Labute approximate surface area is 167 Å². The number of alkyl carbamates (subject to hydrolysis) is 1. The zero-order valence-electron chi connectivity index (χ0n) is 17.2. The lowest BCUT2D eigenvalue weighted by Gasteiger charge is -2.27. The van der Waals surface area contributed by atoms with E-state index in [1.165, 1.54) is 0 Å². The van der Waals surface area contributed by atoms with Gasteiger partial charge in [0.2, 0.25) is 5.91 Å². The van der Waals surface area contributed by atoms with Gasteiger partial charge in [0.15, 0.2) is 0 Å². The molecule has 0 unspecified atom stereocenters. The summed E-state index contributed by atoms with van der Waals surface area (Å²) in [4.78, 5) is 25.3. The Bertz CT molecular complexity index is 728. The summed E-state index contributed by atoms with van der Waals surface area (Å²) in [6.45, 7) is 9.15. The molecule has 2 aromatic carbocycles. The third kappa shape index (κ3) is 6.41. The van der Waals surface area contributed by atoms with Crippen LogP contribution in [-0.2, 0) is 9.53 Å². The molecular formula is C23H30N2O3. The van der Waals surface area contributed by atoms with Crippen LogP contribution < -0.4 is 10.6 Å². The molecule has 0 saturated carbocycles. The largest absolute Gasteiger partial charge is 0.444 e. The predicted molar refractivity (Wildman–Crippen MR) is 111 cm³/mol. The van der Waals surface area contributed by atoms with E-state index in [9.17, 15) is 9.59 Å². The number of amides is 2. The monoisotopic (exact) mass is 382 g/mol. The zero-order chi connectivity index (χ0) is 20.7. The Balaban J connectivity index is 2.21. The van der Waals surface area contributed by atoms with Crippen LogP contribution >= 0.6 is 0 Å². The lowest BCUT2D eigenvalue weighted by atomic mass is 9.97. The second-order valence-corrected chi connectivity index (χ2v) is 8.13. The molecule has 0 aliphatic carbocycles. The number of hydrogen-bond donors (Lipinski definition) is 2. The quantitative estimate of drug-likeness (QED) is 0.776. The van der Waals surface area contributed by atoms with E-state index < -0.39 is 17.7 Å². The molecule has 28 heavy (non-hydrogen) atoms. The Morgan fingerprint density at radius 3 is 1.68 bits per heavy atom. The van der Waals surface area contributed by atoms with Gasteiger partial charge in [-0.3, -0.25) is 4.79 Å². The summed E-state index contributed by atoms with van der Waals surface area (Å²) in [7, 11) is 0. The Morgan fingerprint density at radius 1 is 0.821 bits per heavy atom. The molecule has 0 aliphatic rings. The molecule has 0 fully saturated rings. The molecule has 5 nitrogen and oxygen atoms in total. The first-order valence-electron chi connectivity index (χ1n) is 9.57.